The minimum Gasteiger partial charge on any atom is -0.346 e. The quantitative estimate of drug-likeness (QED) is 0.488. The minimum atomic E-state index is -3.34. The summed E-state index contributed by atoms with van der Waals surface area (Å²) in [6, 6.07) is 10.5. The fourth-order valence-electron chi connectivity index (χ4n) is 4.59. The van der Waals surface area contributed by atoms with Gasteiger partial charge in [0.05, 0.1) is 40.6 Å². The molecule has 0 bridgehead atoms. The minimum absolute atomic E-state index is 0.0817. The van der Waals surface area contributed by atoms with Gasteiger partial charge in [0, 0.05) is 37.4 Å². The van der Waals surface area contributed by atoms with Crippen LogP contribution in [0.5, 0.6) is 0 Å². The number of anilines is 1. The molecule has 0 saturated carbocycles. The van der Waals surface area contributed by atoms with Gasteiger partial charge in [0.25, 0.3) is 5.91 Å². The second-order valence-electron chi connectivity index (χ2n) is 8.88. The third-order valence-corrected chi connectivity index (χ3v) is 9.08. The summed E-state index contributed by atoms with van der Waals surface area (Å²) in [4.78, 5) is 34.1. The number of nitrogens with one attached hydrogen (secondary N) is 1. The van der Waals surface area contributed by atoms with E-state index in [0.717, 1.165) is 17.6 Å². The number of benzene rings is 1. The summed E-state index contributed by atoms with van der Waals surface area (Å²) < 4.78 is 27.2. The Kier molecular flexibility index (Phi) is 6.54. The Morgan fingerprint density at radius 3 is 2.61 bits per heavy atom. The molecule has 13 heteroatoms. The molecular formula is C23H25ClN6O4S2. The molecular weight excluding hydrogens is 524 g/mol. The van der Waals surface area contributed by atoms with E-state index in [1.807, 2.05) is 33.7 Å². The van der Waals surface area contributed by atoms with Crippen molar-refractivity contribution in [3.8, 4) is 5.69 Å². The van der Waals surface area contributed by atoms with E-state index < -0.39 is 10.0 Å². The molecule has 0 spiro atoms. The van der Waals surface area contributed by atoms with Crippen LogP contribution < -0.4 is 10.2 Å². The van der Waals surface area contributed by atoms with Gasteiger partial charge in [0.15, 0.2) is 0 Å². The molecule has 1 aromatic carbocycles. The molecule has 2 aromatic heterocycles. The Bertz CT molecular complexity index is 1400. The first-order chi connectivity index (χ1) is 17.1. The number of nitrogens with zero attached hydrogens (tertiary/aromatic N) is 5. The Morgan fingerprint density at radius 1 is 1.22 bits per heavy atom. The van der Waals surface area contributed by atoms with Crippen LogP contribution in [0, 0.1) is 0 Å². The summed E-state index contributed by atoms with van der Waals surface area (Å²) >= 11 is 7.19. The summed E-state index contributed by atoms with van der Waals surface area (Å²) in [5.41, 5.74) is 1.56. The first-order valence-electron chi connectivity index (χ1n) is 11.3. The highest BCUT2D eigenvalue weighted by molar-refractivity contribution is 7.88. The van der Waals surface area contributed by atoms with E-state index in [1.165, 1.54) is 22.7 Å². The Labute approximate surface area is 218 Å². The highest BCUT2D eigenvalue weighted by Crippen LogP contribution is 2.32. The van der Waals surface area contributed by atoms with Crippen LogP contribution in [0.1, 0.15) is 21.9 Å². The van der Waals surface area contributed by atoms with Crippen molar-refractivity contribution in [3.63, 3.8) is 0 Å². The van der Waals surface area contributed by atoms with E-state index in [2.05, 4.69) is 10.3 Å². The van der Waals surface area contributed by atoms with Gasteiger partial charge in [-0.1, -0.05) is 11.6 Å². The van der Waals surface area contributed by atoms with Gasteiger partial charge in [-0.05, 0) is 42.8 Å². The number of urea groups is 1. The van der Waals surface area contributed by atoms with Crippen LogP contribution in [0.25, 0.3) is 5.69 Å². The molecule has 2 aliphatic heterocycles. The van der Waals surface area contributed by atoms with Crippen molar-refractivity contribution in [1.82, 2.24) is 24.1 Å². The number of hydrogen-bond acceptors (Lipinski definition) is 6. The van der Waals surface area contributed by atoms with Crippen molar-refractivity contribution in [2.24, 2.45) is 0 Å². The molecule has 3 amide bonds. The van der Waals surface area contributed by atoms with Crippen molar-refractivity contribution in [1.29, 1.82) is 0 Å². The molecule has 0 radical (unpaired) electrons. The molecule has 2 saturated heterocycles. The fourth-order valence-corrected chi connectivity index (χ4v) is 5.89. The largest absolute Gasteiger partial charge is 0.346 e. The smallest absolute Gasteiger partial charge is 0.324 e. The van der Waals surface area contributed by atoms with E-state index in [0.29, 0.717) is 34.5 Å². The number of aromatic nitrogens is 2. The third kappa shape index (κ3) is 4.73. The lowest BCUT2D eigenvalue weighted by atomic mass is 10.1. The fraction of sp³-hybridized carbons (Fsp3) is 0.348. The number of sulfonamides is 1. The molecule has 5 rings (SSSR count). The van der Waals surface area contributed by atoms with Crippen LogP contribution >= 0.6 is 22.9 Å². The molecule has 1 N–H and O–H groups in total. The molecule has 36 heavy (non-hydrogen) atoms. The lowest BCUT2D eigenvalue weighted by Gasteiger charge is -2.20. The van der Waals surface area contributed by atoms with Gasteiger partial charge in [0.1, 0.15) is 5.82 Å². The third-order valence-electron chi connectivity index (χ3n) is 6.59. The maximum Gasteiger partial charge on any atom is 0.324 e. The maximum absolute atomic E-state index is 13.1. The summed E-state index contributed by atoms with van der Waals surface area (Å²) in [5.74, 6) is 0.408. The molecule has 0 unspecified atom stereocenters. The van der Waals surface area contributed by atoms with Gasteiger partial charge in [-0.3, -0.25) is 9.69 Å². The average molecular weight is 549 g/mol. The zero-order valence-corrected chi connectivity index (χ0v) is 22.1. The molecule has 2 atom stereocenters. The number of thiophene rings is 1. The summed E-state index contributed by atoms with van der Waals surface area (Å²) in [6.07, 6.45) is 5.25. The van der Waals surface area contributed by atoms with Gasteiger partial charge < -0.3 is 14.8 Å². The Balaban J connectivity index is 1.28. The highest BCUT2D eigenvalue weighted by Gasteiger charge is 2.46. The topological polar surface area (TPSA) is 108 Å². The predicted molar refractivity (Wildman–Crippen MR) is 138 cm³/mol. The molecule has 0 aliphatic carbocycles. The number of imidazole rings is 1. The van der Waals surface area contributed by atoms with Gasteiger partial charge >= 0.3 is 6.03 Å². The number of carbonyl (C=O) groups is 2. The van der Waals surface area contributed by atoms with Crippen LogP contribution in [-0.4, -0.2) is 77.6 Å². The van der Waals surface area contributed by atoms with Crippen LogP contribution in [0.4, 0.5) is 10.5 Å². The van der Waals surface area contributed by atoms with Crippen molar-refractivity contribution < 1.29 is 18.0 Å². The predicted octanol–water partition coefficient (Wildman–Crippen LogP) is 2.79. The lowest BCUT2D eigenvalue weighted by Crippen LogP contribution is -2.44. The zero-order valence-electron chi connectivity index (χ0n) is 19.7. The van der Waals surface area contributed by atoms with Crippen LogP contribution in [-0.2, 0) is 16.6 Å². The SMILES string of the molecule is CN(Cc1nccn1-c1ccc(N2C[C@@H]3[C@H](NC(=O)c4ccc(Cl)s4)CCN3C2=O)cc1)S(C)(=O)=O. The Hall–Kier alpha value is -2.93. The number of fused-ring (bicyclic) bond motifs is 1. The molecule has 2 fully saturated rings. The second-order valence-corrected chi connectivity index (χ2v) is 12.7. The number of halogens is 1. The van der Waals surface area contributed by atoms with Crippen molar-refractivity contribution in [2.45, 2.75) is 25.0 Å². The maximum atomic E-state index is 13.1. The average Bonchev–Trinajstić information content (AvgIpc) is 3.61. The molecule has 190 valence electrons. The van der Waals surface area contributed by atoms with Gasteiger partial charge in [-0.15, -0.1) is 11.3 Å². The van der Waals surface area contributed by atoms with Crippen molar-refractivity contribution in [3.05, 3.63) is 63.8 Å². The Morgan fingerprint density at radius 2 is 1.94 bits per heavy atom. The van der Waals surface area contributed by atoms with Gasteiger partial charge in [0.2, 0.25) is 10.0 Å². The van der Waals surface area contributed by atoms with E-state index in [9.17, 15) is 18.0 Å². The summed E-state index contributed by atoms with van der Waals surface area (Å²) in [6.45, 7) is 1.20. The van der Waals surface area contributed by atoms with E-state index in [1.54, 1.807) is 29.4 Å². The number of rotatable bonds is 7. The van der Waals surface area contributed by atoms with E-state index in [4.69, 9.17) is 11.6 Å². The molecule has 10 nitrogen and oxygen atoms in total. The number of carbonyl (C=O) groups excluding carboxylic acids is 2. The second kappa shape index (κ2) is 9.51. The first kappa shape index (κ1) is 24.8. The molecule has 3 aromatic rings. The van der Waals surface area contributed by atoms with Crippen LogP contribution in [0.15, 0.2) is 48.8 Å². The van der Waals surface area contributed by atoms with Crippen LogP contribution in [0.3, 0.4) is 0 Å². The molecule has 4 heterocycles. The van der Waals surface area contributed by atoms with E-state index >= 15 is 0 Å². The normalized spacial score (nSPS) is 19.8. The van der Waals surface area contributed by atoms with Crippen molar-refractivity contribution in [2.75, 3.05) is 31.3 Å². The van der Waals surface area contributed by atoms with Crippen molar-refractivity contribution >= 4 is 50.6 Å². The van der Waals surface area contributed by atoms with Gasteiger partial charge in [-0.2, -0.15) is 4.31 Å². The lowest BCUT2D eigenvalue weighted by molar-refractivity contribution is 0.0935. The number of hydrogen-bond donors (Lipinski definition) is 1. The molecule has 2 aliphatic rings. The van der Waals surface area contributed by atoms with Gasteiger partial charge in [-0.25, -0.2) is 18.2 Å². The first-order valence-corrected chi connectivity index (χ1v) is 14.3. The number of amides is 3. The standard InChI is InChI=1S/C23H25ClN6O4S2/c1-27(36(2,33)34)14-21-25-10-12-28(21)15-3-5-16(6-4-15)30-13-18-17(9-11-29(18)23(30)32)26-22(31)19-7-8-20(24)35-19/h3-8,10,12,17-18H,9,11,13-14H2,1-2H3,(H,26,31)/t17-,18-/m1/s1. The monoisotopic (exact) mass is 548 g/mol. The highest BCUT2D eigenvalue weighted by atomic mass is 35.5. The van der Waals surface area contributed by atoms with Crippen LogP contribution in [0.2, 0.25) is 4.34 Å². The zero-order chi connectivity index (χ0) is 25.6. The summed E-state index contributed by atoms with van der Waals surface area (Å²) in [5, 5.41) is 3.07. The van der Waals surface area contributed by atoms with E-state index in [-0.39, 0.29) is 30.6 Å². The summed E-state index contributed by atoms with van der Waals surface area (Å²) in [7, 11) is -1.83.